The standard InChI is InChI=1S/C18H21NO2S/c1-14-8-6-7-11-17(14)13-22(21)15(2)18(20)19-12-16-9-4-3-5-10-16/h3-11,15H,12-13H2,1-2H3,(H,19,20). The van der Waals surface area contributed by atoms with Crippen LogP contribution in [0.25, 0.3) is 0 Å². The van der Waals surface area contributed by atoms with E-state index in [1.54, 1.807) is 6.92 Å². The highest BCUT2D eigenvalue weighted by molar-refractivity contribution is 7.85. The van der Waals surface area contributed by atoms with Gasteiger partial charge in [-0.1, -0.05) is 54.6 Å². The molecule has 1 amide bonds. The molecule has 0 saturated heterocycles. The second-order valence-electron chi connectivity index (χ2n) is 5.30. The highest BCUT2D eigenvalue weighted by atomic mass is 32.2. The van der Waals surface area contributed by atoms with Gasteiger partial charge in [0.15, 0.2) is 0 Å². The number of carbonyl (C=O) groups excluding carboxylic acids is 1. The van der Waals surface area contributed by atoms with Gasteiger partial charge in [0.25, 0.3) is 0 Å². The Labute approximate surface area is 134 Å². The van der Waals surface area contributed by atoms with Gasteiger partial charge in [-0.05, 0) is 30.5 Å². The zero-order valence-corrected chi connectivity index (χ0v) is 13.7. The van der Waals surface area contributed by atoms with Crippen molar-refractivity contribution >= 4 is 16.7 Å². The van der Waals surface area contributed by atoms with Crippen molar-refractivity contribution < 1.29 is 9.00 Å². The van der Waals surface area contributed by atoms with Crippen molar-refractivity contribution in [2.45, 2.75) is 31.4 Å². The van der Waals surface area contributed by atoms with Gasteiger partial charge in [0.1, 0.15) is 5.25 Å². The van der Waals surface area contributed by atoms with Crippen LogP contribution >= 0.6 is 0 Å². The second-order valence-corrected chi connectivity index (χ2v) is 7.05. The Hall–Kier alpha value is -1.94. The van der Waals surface area contributed by atoms with E-state index in [0.29, 0.717) is 12.3 Å². The molecule has 2 aromatic rings. The predicted molar refractivity (Wildman–Crippen MR) is 90.8 cm³/mol. The molecule has 2 unspecified atom stereocenters. The van der Waals surface area contributed by atoms with Crippen LogP contribution in [0.4, 0.5) is 0 Å². The predicted octanol–water partition coefficient (Wildman–Crippen LogP) is 2.95. The summed E-state index contributed by atoms with van der Waals surface area (Å²) < 4.78 is 12.4. The lowest BCUT2D eigenvalue weighted by Crippen LogP contribution is -2.35. The third-order valence-corrected chi connectivity index (χ3v) is 5.23. The van der Waals surface area contributed by atoms with Gasteiger partial charge in [-0.15, -0.1) is 0 Å². The van der Waals surface area contributed by atoms with Gasteiger partial charge in [-0.25, -0.2) is 0 Å². The number of hydrogen-bond acceptors (Lipinski definition) is 2. The first kappa shape index (κ1) is 16.4. The molecule has 0 aliphatic heterocycles. The van der Waals surface area contributed by atoms with E-state index in [1.165, 1.54) is 0 Å². The van der Waals surface area contributed by atoms with E-state index in [4.69, 9.17) is 0 Å². The van der Waals surface area contributed by atoms with Gasteiger partial charge in [-0.3, -0.25) is 9.00 Å². The average Bonchev–Trinajstić information content (AvgIpc) is 2.55. The Morgan fingerprint density at radius 3 is 2.41 bits per heavy atom. The fourth-order valence-corrected chi connectivity index (χ4v) is 3.30. The molecule has 0 aliphatic rings. The topological polar surface area (TPSA) is 46.2 Å². The van der Waals surface area contributed by atoms with Gasteiger partial charge >= 0.3 is 0 Å². The maximum Gasteiger partial charge on any atom is 0.235 e. The Kier molecular flexibility index (Phi) is 5.90. The fourth-order valence-electron chi connectivity index (χ4n) is 2.10. The SMILES string of the molecule is Cc1ccccc1CS(=O)C(C)C(=O)NCc1ccccc1. The first-order chi connectivity index (χ1) is 10.6. The first-order valence-corrected chi connectivity index (χ1v) is 8.69. The van der Waals surface area contributed by atoms with E-state index in [0.717, 1.165) is 16.7 Å². The van der Waals surface area contributed by atoms with Crippen LogP contribution in [0.15, 0.2) is 54.6 Å². The molecule has 116 valence electrons. The summed E-state index contributed by atoms with van der Waals surface area (Å²) in [7, 11) is -1.23. The molecule has 3 nitrogen and oxygen atoms in total. The highest BCUT2D eigenvalue weighted by Crippen LogP contribution is 2.12. The summed E-state index contributed by atoms with van der Waals surface area (Å²) in [5.74, 6) is 0.239. The van der Waals surface area contributed by atoms with Crippen molar-refractivity contribution in [2.75, 3.05) is 0 Å². The number of aryl methyl sites for hydroxylation is 1. The van der Waals surface area contributed by atoms with Crippen LogP contribution in [-0.2, 0) is 27.9 Å². The molecule has 0 heterocycles. The minimum atomic E-state index is -1.23. The van der Waals surface area contributed by atoms with E-state index < -0.39 is 16.0 Å². The summed E-state index contributed by atoms with van der Waals surface area (Å²) in [6.07, 6.45) is 0. The molecule has 2 aromatic carbocycles. The van der Waals surface area contributed by atoms with Crippen LogP contribution in [0.5, 0.6) is 0 Å². The Balaban J connectivity index is 1.90. The quantitative estimate of drug-likeness (QED) is 0.891. The third kappa shape index (κ3) is 4.53. The van der Waals surface area contributed by atoms with Crippen molar-refractivity contribution in [3.05, 3.63) is 71.3 Å². The number of rotatable bonds is 6. The molecule has 0 spiro atoms. The number of benzene rings is 2. The summed E-state index contributed by atoms with van der Waals surface area (Å²) in [6, 6.07) is 17.5. The van der Waals surface area contributed by atoms with Gasteiger partial charge in [-0.2, -0.15) is 0 Å². The summed E-state index contributed by atoms with van der Waals surface area (Å²) in [6.45, 7) is 4.17. The molecule has 0 radical (unpaired) electrons. The second kappa shape index (κ2) is 7.90. The van der Waals surface area contributed by atoms with Crippen molar-refractivity contribution in [3.8, 4) is 0 Å². The normalized spacial score (nSPS) is 13.4. The maximum atomic E-state index is 12.4. The van der Waals surface area contributed by atoms with Crippen LogP contribution in [0.1, 0.15) is 23.6 Å². The third-order valence-electron chi connectivity index (χ3n) is 3.63. The fraction of sp³-hybridized carbons (Fsp3) is 0.278. The van der Waals surface area contributed by atoms with E-state index in [9.17, 15) is 9.00 Å². The van der Waals surface area contributed by atoms with E-state index >= 15 is 0 Å². The molecular weight excluding hydrogens is 294 g/mol. The van der Waals surface area contributed by atoms with Crippen molar-refractivity contribution in [2.24, 2.45) is 0 Å². The Bertz CT molecular complexity index is 655. The van der Waals surface area contributed by atoms with Crippen LogP contribution < -0.4 is 5.32 Å². The van der Waals surface area contributed by atoms with E-state index in [-0.39, 0.29) is 5.91 Å². The number of nitrogens with one attached hydrogen (secondary N) is 1. The highest BCUT2D eigenvalue weighted by Gasteiger charge is 2.20. The molecule has 22 heavy (non-hydrogen) atoms. The monoisotopic (exact) mass is 315 g/mol. The summed E-state index contributed by atoms with van der Waals surface area (Å²) >= 11 is 0. The van der Waals surface area contributed by atoms with Gasteiger partial charge in [0.2, 0.25) is 5.91 Å². The Morgan fingerprint density at radius 1 is 1.09 bits per heavy atom. The molecule has 2 atom stereocenters. The van der Waals surface area contributed by atoms with E-state index in [1.807, 2.05) is 61.5 Å². The number of hydrogen-bond donors (Lipinski definition) is 1. The molecule has 0 aromatic heterocycles. The number of carbonyl (C=O) groups is 1. The lowest BCUT2D eigenvalue weighted by molar-refractivity contribution is -0.120. The smallest absolute Gasteiger partial charge is 0.235 e. The maximum absolute atomic E-state index is 12.4. The van der Waals surface area contributed by atoms with Gasteiger partial charge < -0.3 is 5.32 Å². The molecule has 2 rings (SSSR count). The van der Waals surface area contributed by atoms with Crippen molar-refractivity contribution in [1.29, 1.82) is 0 Å². The molecule has 4 heteroatoms. The van der Waals surface area contributed by atoms with Crippen molar-refractivity contribution in [3.63, 3.8) is 0 Å². The zero-order valence-electron chi connectivity index (χ0n) is 12.9. The first-order valence-electron chi connectivity index (χ1n) is 7.31. The molecule has 0 saturated carbocycles. The molecule has 0 fully saturated rings. The minimum absolute atomic E-state index is 0.171. The summed E-state index contributed by atoms with van der Waals surface area (Å²) in [4.78, 5) is 12.1. The van der Waals surface area contributed by atoms with E-state index in [2.05, 4.69) is 5.32 Å². The van der Waals surface area contributed by atoms with Crippen LogP contribution in [0.2, 0.25) is 0 Å². The molecule has 1 N–H and O–H groups in total. The van der Waals surface area contributed by atoms with Crippen molar-refractivity contribution in [1.82, 2.24) is 5.32 Å². The van der Waals surface area contributed by atoms with Crippen LogP contribution in [-0.4, -0.2) is 15.4 Å². The Morgan fingerprint density at radius 2 is 1.73 bits per heavy atom. The molecule has 0 bridgehead atoms. The van der Waals surface area contributed by atoms with Gasteiger partial charge in [0.05, 0.1) is 0 Å². The summed E-state index contributed by atoms with van der Waals surface area (Å²) in [5.41, 5.74) is 3.17. The van der Waals surface area contributed by atoms with Crippen LogP contribution in [0, 0.1) is 6.92 Å². The lowest BCUT2D eigenvalue weighted by atomic mass is 10.1. The number of amides is 1. The largest absolute Gasteiger partial charge is 0.351 e. The lowest BCUT2D eigenvalue weighted by Gasteiger charge is -2.13. The van der Waals surface area contributed by atoms with Crippen LogP contribution in [0.3, 0.4) is 0 Å². The minimum Gasteiger partial charge on any atom is -0.351 e. The average molecular weight is 315 g/mol. The summed E-state index contributed by atoms with van der Waals surface area (Å²) in [5, 5.41) is 2.32. The molecular formula is C18H21NO2S. The van der Waals surface area contributed by atoms with Gasteiger partial charge in [0, 0.05) is 23.1 Å². The molecule has 0 aliphatic carbocycles. The zero-order chi connectivity index (χ0) is 15.9.